The first kappa shape index (κ1) is 15.0. The number of aryl methyl sites for hydroxylation is 1. The maximum Gasteiger partial charge on any atom is 0.220 e. The predicted octanol–water partition coefficient (Wildman–Crippen LogP) is 2.41. The van der Waals surface area contributed by atoms with E-state index in [1.165, 1.54) is 0 Å². The largest absolute Gasteiger partial charge is 0.396 e. The summed E-state index contributed by atoms with van der Waals surface area (Å²) in [5.41, 5.74) is 0.998. The van der Waals surface area contributed by atoms with Crippen LogP contribution in [0.4, 0.5) is 0 Å². The standard InChI is InChI=1S/C14H20ClNO2/c1-11(8-9-17)10-16-14(18)7-6-12-4-2-3-5-13(12)15/h2-5,11,17H,6-10H2,1H3,(H,16,18). The molecule has 0 aliphatic heterocycles. The lowest BCUT2D eigenvalue weighted by Crippen LogP contribution is -2.28. The molecule has 0 saturated heterocycles. The molecule has 0 fully saturated rings. The number of nitrogens with one attached hydrogen (secondary N) is 1. The van der Waals surface area contributed by atoms with Gasteiger partial charge < -0.3 is 10.4 Å². The van der Waals surface area contributed by atoms with Crippen LogP contribution in [0.5, 0.6) is 0 Å². The molecule has 0 saturated carbocycles. The highest BCUT2D eigenvalue weighted by molar-refractivity contribution is 6.31. The van der Waals surface area contributed by atoms with E-state index in [4.69, 9.17) is 16.7 Å². The van der Waals surface area contributed by atoms with Crippen molar-refractivity contribution in [3.05, 3.63) is 34.9 Å². The average Bonchev–Trinajstić information content (AvgIpc) is 2.36. The molecule has 0 bridgehead atoms. The zero-order valence-corrected chi connectivity index (χ0v) is 11.4. The molecular formula is C14H20ClNO2. The first-order valence-electron chi connectivity index (χ1n) is 6.24. The Morgan fingerprint density at radius 1 is 1.44 bits per heavy atom. The summed E-state index contributed by atoms with van der Waals surface area (Å²) in [6, 6.07) is 7.56. The molecule has 1 rings (SSSR count). The van der Waals surface area contributed by atoms with Crippen LogP contribution in [0.1, 0.15) is 25.3 Å². The lowest BCUT2D eigenvalue weighted by atomic mass is 10.1. The summed E-state index contributed by atoms with van der Waals surface area (Å²) in [5, 5.41) is 12.3. The van der Waals surface area contributed by atoms with Crippen molar-refractivity contribution in [3.8, 4) is 0 Å². The normalized spacial score (nSPS) is 12.2. The molecule has 1 unspecified atom stereocenters. The van der Waals surface area contributed by atoms with E-state index in [9.17, 15) is 4.79 Å². The van der Waals surface area contributed by atoms with Gasteiger partial charge in [0.2, 0.25) is 5.91 Å². The second-order valence-electron chi connectivity index (χ2n) is 4.51. The molecule has 0 aromatic heterocycles. The molecule has 0 heterocycles. The highest BCUT2D eigenvalue weighted by Crippen LogP contribution is 2.16. The third kappa shape index (κ3) is 5.52. The lowest BCUT2D eigenvalue weighted by molar-refractivity contribution is -0.121. The second-order valence-corrected chi connectivity index (χ2v) is 4.92. The lowest BCUT2D eigenvalue weighted by Gasteiger charge is -2.11. The van der Waals surface area contributed by atoms with Gasteiger partial charge in [-0.25, -0.2) is 0 Å². The molecule has 1 amide bonds. The van der Waals surface area contributed by atoms with Crippen LogP contribution >= 0.6 is 11.6 Å². The number of halogens is 1. The highest BCUT2D eigenvalue weighted by atomic mass is 35.5. The van der Waals surface area contributed by atoms with Crippen LogP contribution in [0.25, 0.3) is 0 Å². The Bertz CT molecular complexity index is 382. The summed E-state index contributed by atoms with van der Waals surface area (Å²) >= 11 is 6.02. The number of amides is 1. The molecule has 1 atom stereocenters. The van der Waals surface area contributed by atoms with Gasteiger partial charge >= 0.3 is 0 Å². The second kappa shape index (κ2) is 8.11. The van der Waals surface area contributed by atoms with E-state index >= 15 is 0 Å². The van der Waals surface area contributed by atoms with E-state index in [1.807, 2.05) is 31.2 Å². The van der Waals surface area contributed by atoms with Gasteiger partial charge in [-0.05, 0) is 30.4 Å². The maximum absolute atomic E-state index is 11.6. The average molecular weight is 270 g/mol. The molecular weight excluding hydrogens is 250 g/mol. The van der Waals surface area contributed by atoms with Crippen molar-refractivity contribution in [2.45, 2.75) is 26.2 Å². The van der Waals surface area contributed by atoms with Crippen LogP contribution in [0, 0.1) is 5.92 Å². The Hall–Kier alpha value is -1.06. The first-order chi connectivity index (χ1) is 8.63. The monoisotopic (exact) mass is 269 g/mol. The van der Waals surface area contributed by atoms with Gasteiger partial charge in [-0.15, -0.1) is 0 Å². The van der Waals surface area contributed by atoms with E-state index in [0.29, 0.717) is 36.7 Å². The Morgan fingerprint density at radius 2 is 2.17 bits per heavy atom. The number of carbonyl (C=O) groups is 1. The molecule has 3 nitrogen and oxygen atoms in total. The number of rotatable bonds is 7. The van der Waals surface area contributed by atoms with Gasteiger partial charge in [0, 0.05) is 24.6 Å². The molecule has 0 radical (unpaired) electrons. The van der Waals surface area contributed by atoms with Crippen LogP contribution in [0.3, 0.4) is 0 Å². The zero-order chi connectivity index (χ0) is 13.4. The number of hydrogen-bond acceptors (Lipinski definition) is 2. The Morgan fingerprint density at radius 3 is 2.83 bits per heavy atom. The number of aliphatic hydroxyl groups excluding tert-OH is 1. The minimum Gasteiger partial charge on any atom is -0.396 e. The third-order valence-corrected chi connectivity index (χ3v) is 3.22. The Balaban J connectivity index is 2.27. The van der Waals surface area contributed by atoms with Crippen molar-refractivity contribution < 1.29 is 9.90 Å². The Labute approximate surface area is 113 Å². The third-order valence-electron chi connectivity index (χ3n) is 2.85. The van der Waals surface area contributed by atoms with E-state index in [-0.39, 0.29) is 12.5 Å². The van der Waals surface area contributed by atoms with Crippen molar-refractivity contribution in [3.63, 3.8) is 0 Å². The van der Waals surface area contributed by atoms with E-state index < -0.39 is 0 Å². The van der Waals surface area contributed by atoms with Crippen molar-refractivity contribution in [1.82, 2.24) is 5.32 Å². The zero-order valence-electron chi connectivity index (χ0n) is 10.7. The maximum atomic E-state index is 11.6. The summed E-state index contributed by atoms with van der Waals surface area (Å²) in [4.78, 5) is 11.6. The first-order valence-corrected chi connectivity index (χ1v) is 6.62. The van der Waals surface area contributed by atoms with Crippen molar-refractivity contribution in [2.75, 3.05) is 13.2 Å². The molecule has 100 valence electrons. The quantitative estimate of drug-likeness (QED) is 0.799. The molecule has 0 aliphatic rings. The highest BCUT2D eigenvalue weighted by Gasteiger charge is 2.06. The summed E-state index contributed by atoms with van der Waals surface area (Å²) in [6.07, 6.45) is 1.81. The van der Waals surface area contributed by atoms with Gasteiger partial charge in [-0.1, -0.05) is 36.7 Å². The molecule has 1 aromatic rings. The number of hydrogen-bond donors (Lipinski definition) is 2. The molecule has 2 N–H and O–H groups in total. The molecule has 4 heteroatoms. The minimum atomic E-state index is 0.0275. The topological polar surface area (TPSA) is 49.3 Å². The van der Waals surface area contributed by atoms with Gasteiger partial charge in [0.05, 0.1) is 0 Å². The summed E-state index contributed by atoms with van der Waals surface area (Å²) in [5.74, 6) is 0.332. The summed E-state index contributed by atoms with van der Waals surface area (Å²) in [7, 11) is 0. The van der Waals surface area contributed by atoms with E-state index in [2.05, 4.69) is 5.32 Å². The fourth-order valence-electron chi connectivity index (χ4n) is 1.65. The fourth-order valence-corrected chi connectivity index (χ4v) is 1.88. The number of aliphatic hydroxyl groups is 1. The van der Waals surface area contributed by atoms with Crippen molar-refractivity contribution >= 4 is 17.5 Å². The van der Waals surface area contributed by atoms with E-state index in [1.54, 1.807) is 0 Å². The van der Waals surface area contributed by atoms with Crippen LogP contribution in [0.15, 0.2) is 24.3 Å². The van der Waals surface area contributed by atoms with Crippen LogP contribution < -0.4 is 5.32 Å². The van der Waals surface area contributed by atoms with Gasteiger partial charge in [0.25, 0.3) is 0 Å². The predicted molar refractivity (Wildman–Crippen MR) is 73.6 cm³/mol. The van der Waals surface area contributed by atoms with Crippen LogP contribution in [-0.4, -0.2) is 24.2 Å². The van der Waals surface area contributed by atoms with Crippen molar-refractivity contribution in [2.24, 2.45) is 5.92 Å². The van der Waals surface area contributed by atoms with Crippen molar-refractivity contribution in [1.29, 1.82) is 0 Å². The fraction of sp³-hybridized carbons (Fsp3) is 0.500. The van der Waals surface area contributed by atoms with Gasteiger partial charge in [0.1, 0.15) is 0 Å². The number of benzene rings is 1. The molecule has 0 spiro atoms. The van der Waals surface area contributed by atoms with Gasteiger partial charge in [-0.2, -0.15) is 0 Å². The van der Waals surface area contributed by atoms with Crippen LogP contribution in [-0.2, 0) is 11.2 Å². The SMILES string of the molecule is CC(CCO)CNC(=O)CCc1ccccc1Cl. The minimum absolute atomic E-state index is 0.0275. The van der Waals surface area contributed by atoms with Crippen LogP contribution in [0.2, 0.25) is 5.02 Å². The summed E-state index contributed by atoms with van der Waals surface area (Å²) in [6.45, 7) is 2.78. The van der Waals surface area contributed by atoms with Gasteiger partial charge in [0.15, 0.2) is 0 Å². The van der Waals surface area contributed by atoms with E-state index in [0.717, 1.165) is 5.56 Å². The Kier molecular flexibility index (Phi) is 6.76. The molecule has 18 heavy (non-hydrogen) atoms. The molecule has 1 aromatic carbocycles. The smallest absolute Gasteiger partial charge is 0.220 e. The summed E-state index contributed by atoms with van der Waals surface area (Å²) < 4.78 is 0. The van der Waals surface area contributed by atoms with Gasteiger partial charge in [-0.3, -0.25) is 4.79 Å². The molecule has 0 aliphatic carbocycles. The number of carbonyl (C=O) groups excluding carboxylic acids is 1.